The molecule has 0 bridgehead atoms. The van der Waals surface area contributed by atoms with Gasteiger partial charge in [-0.2, -0.15) is 0 Å². The number of esters is 1. The summed E-state index contributed by atoms with van der Waals surface area (Å²) in [6.45, 7) is 2.00. The third kappa shape index (κ3) is 3.44. The standard InChI is InChI=1S/C16H20N2O4/c1-3-11-6-4-5-7-13(11)18-9-12(8-15(18)20)16(21)22-10-14(19)17-2/h4-7,12H,3,8-10H2,1-2H3,(H,17,19). The summed E-state index contributed by atoms with van der Waals surface area (Å²) in [5, 5.41) is 2.38. The van der Waals surface area contributed by atoms with Gasteiger partial charge in [-0.15, -0.1) is 0 Å². The van der Waals surface area contributed by atoms with E-state index >= 15 is 0 Å². The fourth-order valence-corrected chi connectivity index (χ4v) is 2.50. The molecule has 0 radical (unpaired) electrons. The smallest absolute Gasteiger partial charge is 0.311 e. The number of amides is 2. The highest BCUT2D eigenvalue weighted by Gasteiger charge is 2.36. The lowest BCUT2D eigenvalue weighted by Crippen LogP contribution is -2.29. The fraction of sp³-hybridized carbons (Fsp3) is 0.438. The average molecular weight is 304 g/mol. The maximum Gasteiger partial charge on any atom is 0.311 e. The first-order valence-corrected chi connectivity index (χ1v) is 7.32. The largest absolute Gasteiger partial charge is 0.455 e. The van der Waals surface area contributed by atoms with Crippen LogP contribution in [-0.2, 0) is 25.5 Å². The maximum atomic E-state index is 12.2. The van der Waals surface area contributed by atoms with Crippen LogP contribution in [0.5, 0.6) is 0 Å². The molecule has 0 aromatic heterocycles. The summed E-state index contributed by atoms with van der Waals surface area (Å²) in [5.74, 6) is -1.50. The fourth-order valence-electron chi connectivity index (χ4n) is 2.50. The highest BCUT2D eigenvalue weighted by Crippen LogP contribution is 2.28. The molecule has 1 aromatic carbocycles. The molecule has 1 aromatic rings. The number of anilines is 1. The summed E-state index contributed by atoms with van der Waals surface area (Å²) in [5.41, 5.74) is 1.91. The number of benzene rings is 1. The van der Waals surface area contributed by atoms with E-state index in [1.54, 1.807) is 4.90 Å². The lowest BCUT2D eigenvalue weighted by Gasteiger charge is -2.19. The molecule has 0 aliphatic carbocycles. The zero-order valence-corrected chi connectivity index (χ0v) is 12.8. The normalized spacial score (nSPS) is 17.5. The Hall–Kier alpha value is -2.37. The van der Waals surface area contributed by atoms with Crippen LogP contribution in [0.3, 0.4) is 0 Å². The van der Waals surface area contributed by atoms with E-state index in [2.05, 4.69) is 5.32 Å². The van der Waals surface area contributed by atoms with E-state index in [0.717, 1.165) is 17.7 Å². The molecule has 2 amide bonds. The summed E-state index contributed by atoms with van der Waals surface area (Å²) in [7, 11) is 1.47. The zero-order chi connectivity index (χ0) is 16.1. The van der Waals surface area contributed by atoms with Gasteiger partial charge < -0.3 is 15.0 Å². The Morgan fingerprint density at radius 2 is 2.09 bits per heavy atom. The third-order valence-electron chi connectivity index (χ3n) is 3.75. The number of hydrogen-bond acceptors (Lipinski definition) is 4. The SMILES string of the molecule is CCc1ccccc1N1CC(C(=O)OCC(=O)NC)CC1=O. The van der Waals surface area contributed by atoms with Gasteiger partial charge in [-0.25, -0.2) is 0 Å². The Labute approximate surface area is 129 Å². The molecule has 1 saturated heterocycles. The van der Waals surface area contributed by atoms with Gasteiger partial charge in [-0.3, -0.25) is 14.4 Å². The van der Waals surface area contributed by atoms with Crippen molar-refractivity contribution in [1.29, 1.82) is 0 Å². The molecule has 2 rings (SSSR count). The quantitative estimate of drug-likeness (QED) is 0.820. The van der Waals surface area contributed by atoms with Crippen LogP contribution in [0, 0.1) is 5.92 Å². The Balaban J connectivity index is 2.04. The van der Waals surface area contributed by atoms with Crippen molar-refractivity contribution < 1.29 is 19.1 Å². The van der Waals surface area contributed by atoms with Crippen LogP contribution in [0.1, 0.15) is 18.9 Å². The molecule has 22 heavy (non-hydrogen) atoms. The molecule has 0 spiro atoms. The molecule has 0 saturated carbocycles. The van der Waals surface area contributed by atoms with Crippen molar-refractivity contribution in [3.63, 3.8) is 0 Å². The van der Waals surface area contributed by atoms with E-state index in [9.17, 15) is 14.4 Å². The Kier molecular flexibility index (Phi) is 5.14. The third-order valence-corrected chi connectivity index (χ3v) is 3.75. The Morgan fingerprint density at radius 1 is 1.36 bits per heavy atom. The average Bonchev–Trinajstić information content (AvgIpc) is 2.93. The van der Waals surface area contributed by atoms with Gasteiger partial charge in [0.2, 0.25) is 5.91 Å². The Bertz CT molecular complexity index is 585. The molecule has 1 fully saturated rings. The number of aryl methyl sites for hydroxylation is 1. The summed E-state index contributed by atoms with van der Waals surface area (Å²) in [4.78, 5) is 36.9. The first kappa shape index (κ1) is 16.0. The van der Waals surface area contributed by atoms with Crippen LogP contribution < -0.4 is 10.2 Å². The molecule has 1 atom stereocenters. The number of rotatable bonds is 5. The van der Waals surface area contributed by atoms with Gasteiger partial charge in [0.1, 0.15) is 0 Å². The Morgan fingerprint density at radius 3 is 2.77 bits per heavy atom. The number of carbonyl (C=O) groups excluding carboxylic acids is 3. The van der Waals surface area contributed by atoms with Gasteiger partial charge in [-0.05, 0) is 18.1 Å². The minimum Gasteiger partial charge on any atom is -0.455 e. The number of ether oxygens (including phenoxy) is 1. The highest BCUT2D eigenvalue weighted by atomic mass is 16.5. The number of carbonyl (C=O) groups is 3. The minimum atomic E-state index is -0.526. The molecule has 1 aliphatic rings. The van der Waals surface area contributed by atoms with Crippen molar-refractivity contribution in [2.45, 2.75) is 19.8 Å². The molecule has 1 heterocycles. The molecular weight excluding hydrogens is 284 g/mol. The van der Waals surface area contributed by atoms with Crippen molar-refractivity contribution in [2.24, 2.45) is 5.92 Å². The first-order chi connectivity index (χ1) is 10.6. The number of hydrogen-bond donors (Lipinski definition) is 1. The van der Waals surface area contributed by atoms with Gasteiger partial charge in [-0.1, -0.05) is 25.1 Å². The molecule has 1 N–H and O–H groups in total. The topological polar surface area (TPSA) is 75.7 Å². The molecular formula is C16H20N2O4. The zero-order valence-electron chi connectivity index (χ0n) is 12.8. The molecule has 6 nitrogen and oxygen atoms in total. The first-order valence-electron chi connectivity index (χ1n) is 7.32. The predicted molar refractivity (Wildman–Crippen MR) is 81.3 cm³/mol. The van der Waals surface area contributed by atoms with E-state index in [-0.39, 0.29) is 24.8 Å². The number of nitrogens with zero attached hydrogens (tertiary/aromatic N) is 1. The second-order valence-electron chi connectivity index (χ2n) is 5.17. The molecule has 6 heteroatoms. The van der Waals surface area contributed by atoms with E-state index in [1.165, 1.54) is 7.05 Å². The second kappa shape index (κ2) is 7.06. The van der Waals surface area contributed by atoms with Crippen LogP contribution >= 0.6 is 0 Å². The van der Waals surface area contributed by atoms with Crippen molar-refractivity contribution in [3.05, 3.63) is 29.8 Å². The number of nitrogens with one attached hydrogen (secondary N) is 1. The molecule has 1 unspecified atom stereocenters. The van der Waals surface area contributed by atoms with Crippen molar-refractivity contribution in [2.75, 3.05) is 25.1 Å². The monoisotopic (exact) mass is 304 g/mol. The van der Waals surface area contributed by atoms with Gasteiger partial charge in [0.05, 0.1) is 5.92 Å². The number of likely N-dealkylation sites (N-methyl/N-ethyl adjacent to an activating group) is 1. The van der Waals surface area contributed by atoms with E-state index in [1.807, 2.05) is 31.2 Å². The van der Waals surface area contributed by atoms with Crippen LogP contribution in [-0.4, -0.2) is 38.0 Å². The van der Waals surface area contributed by atoms with Crippen LogP contribution in [0.25, 0.3) is 0 Å². The summed E-state index contributed by atoms with van der Waals surface area (Å²) < 4.78 is 4.94. The number of para-hydroxylation sites is 1. The van der Waals surface area contributed by atoms with Crippen LogP contribution in [0.4, 0.5) is 5.69 Å². The van der Waals surface area contributed by atoms with Crippen molar-refractivity contribution >= 4 is 23.5 Å². The van der Waals surface area contributed by atoms with E-state index in [4.69, 9.17) is 4.74 Å². The minimum absolute atomic E-state index is 0.0946. The summed E-state index contributed by atoms with van der Waals surface area (Å²) in [6.07, 6.45) is 0.927. The summed E-state index contributed by atoms with van der Waals surface area (Å²) in [6, 6.07) is 7.66. The molecule has 1 aliphatic heterocycles. The lowest BCUT2D eigenvalue weighted by atomic mass is 10.1. The van der Waals surface area contributed by atoms with Crippen molar-refractivity contribution in [1.82, 2.24) is 5.32 Å². The lowest BCUT2D eigenvalue weighted by molar-refractivity contribution is -0.152. The van der Waals surface area contributed by atoms with E-state index in [0.29, 0.717) is 6.54 Å². The predicted octanol–water partition coefficient (Wildman–Crippen LogP) is 0.891. The van der Waals surface area contributed by atoms with Gasteiger partial charge >= 0.3 is 5.97 Å². The van der Waals surface area contributed by atoms with Crippen LogP contribution in [0.2, 0.25) is 0 Å². The van der Waals surface area contributed by atoms with Crippen molar-refractivity contribution in [3.8, 4) is 0 Å². The van der Waals surface area contributed by atoms with Gasteiger partial charge in [0.15, 0.2) is 6.61 Å². The maximum absolute atomic E-state index is 12.2. The molecule has 118 valence electrons. The summed E-state index contributed by atoms with van der Waals surface area (Å²) >= 11 is 0. The van der Waals surface area contributed by atoms with Gasteiger partial charge in [0, 0.05) is 25.7 Å². The second-order valence-corrected chi connectivity index (χ2v) is 5.17. The van der Waals surface area contributed by atoms with E-state index < -0.39 is 11.9 Å². The highest BCUT2D eigenvalue weighted by molar-refractivity contribution is 6.00. The van der Waals surface area contributed by atoms with Crippen LogP contribution in [0.15, 0.2) is 24.3 Å². The van der Waals surface area contributed by atoms with Gasteiger partial charge in [0.25, 0.3) is 5.91 Å².